The molecule has 0 bridgehead atoms. The van der Waals surface area contributed by atoms with E-state index in [1.165, 1.54) is 5.56 Å². The lowest BCUT2D eigenvalue weighted by Crippen LogP contribution is -2.15. The molecule has 0 atom stereocenters. The zero-order valence-electron chi connectivity index (χ0n) is 11.4. The Morgan fingerprint density at radius 3 is 2.67 bits per heavy atom. The first-order valence-corrected chi connectivity index (χ1v) is 8.44. The van der Waals surface area contributed by atoms with Crippen LogP contribution in [0.4, 0.5) is 5.13 Å². The maximum atomic E-state index is 5.89. The van der Waals surface area contributed by atoms with Crippen LogP contribution in [0.3, 0.4) is 0 Å². The van der Waals surface area contributed by atoms with Crippen LogP contribution in [0.25, 0.3) is 0 Å². The van der Waals surface area contributed by atoms with Crippen LogP contribution in [0.2, 0.25) is 5.02 Å². The highest BCUT2D eigenvalue weighted by Gasteiger charge is 2.11. The van der Waals surface area contributed by atoms with Gasteiger partial charge in [0.15, 0.2) is 0 Å². The average Bonchev–Trinajstić information content (AvgIpc) is 3.13. The number of hydrogen-bond donors (Lipinski definition) is 0. The molecule has 2 aromatic heterocycles. The molecule has 0 amide bonds. The molecular weight excluding hydrogens is 324 g/mol. The molecular formula is C14H13ClN4S2. The van der Waals surface area contributed by atoms with Crippen LogP contribution in [-0.2, 0) is 13.0 Å². The van der Waals surface area contributed by atoms with Crippen LogP contribution in [0.5, 0.6) is 0 Å². The predicted octanol–water partition coefficient (Wildman–Crippen LogP) is 3.88. The number of anilines is 1. The zero-order valence-corrected chi connectivity index (χ0v) is 13.8. The summed E-state index contributed by atoms with van der Waals surface area (Å²) in [5.41, 5.74) is 1.18. The zero-order chi connectivity index (χ0) is 14.7. The van der Waals surface area contributed by atoms with Crippen molar-refractivity contribution in [3.8, 4) is 0 Å². The number of benzene rings is 1. The standard InChI is InChI=1S/C14H13ClN4S2/c1-19(9-13-16-6-7-20-13)14-18-17-12(21-14)8-10-2-4-11(15)5-3-10/h2-7H,8-9H2,1H3. The Morgan fingerprint density at radius 2 is 1.95 bits per heavy atom. The van der Waals surface area contributed by atoms with E-state index in [1.807, 2.05) is 42.9 Å². The molecule has 3 aromatic rings. The van der Waals surface area contributed by atoms with E-state index in [0.717, 1.165) is 33.1 Å². The highest BCUT2D eigenvalue weighted by Crippen LogP contribution is 2.23. The van der Waals surface area contributed by atoms with E-state index in [1.54, 1.807) is 22.7 Å². The molecule has 0 saturated carbocycles. The first kappa shape index (κ1) is 14.4. The van der Waals surface area contributed by atoms with Gasteiger partial charge >= 0.3 is 0 Å². The summed E-state index contributed by atoms with van der Waals surface area (Å²) in [5.74, 6) is 0. The fraction of sp³-hybridized carbons (Fsp3) is 0.214. The normalized spacial score (nSPS) is 10.8. The second kappa shape index (κ2) is 6.51. The third-order valence-corrected chi connectivity index (χ3v) is 4.96. The van der Waals surface area contributed by atoms with Crippen LogP contribution in [0.15, 0.2) is 35.8 Å². The van der Waals surface area contributed by atoms with E-state index in [-0.39, 0.29) is 0 Å². The fourth-order valence-electron chi connectivity index (χ4n) is 1.85. The molecule has 0 aliphatic heterocycles. The van der Waals surface area contributed by atoms with Crippen LogP contribution in [0.1, 0.15) is 15.6 Å². The molecule has 0 radical (unpaired) electrons. The third-order valence-electron chi connectivity index (χ3n) is 2.91. The molecule has 0 unspecified atom stereocenters. The third kappa shape index (κ3) is 3.78. The summed E-state index contributed by atoms with van der Waals surface area (Å²) in [6, 6.07) is 7.83. The van der Waals surface area contributed by atoms with Crippen LogP contribution in [0, 0.1) is 0 Å². The molecule has 108 valence electrons. The second-order valence-electron chi connectivity index (χ2n) is 4.56. The topological polar surface area (TPSA) is 41.9 Å². The fourth-order valence-corrected chi connectivity index (χ4v) is 3.48. The molecule has 0 saturated heterocycles. The largest absolute Gasteiger partial charge is 0.343 e. The van der Waals surface area contributed by atoms with Gasteiger partial charge < -0.3 is 4.90 Å². The highest BCUT2D eigenvalue weighted by atomic mass is 35.5. The molecule has 0 aliphatic rings. The number of halogens is 1. The Balaban J connectivity index is 1.66. The van der Waals surface area contributed by atoms with Gasteiger partial charge in [0, 0.05) is 30.1 Å². The summed E-state index contributed by atoms with van der Waals surface area (Å²) in [6.45, 7) is 0.757. The van der Waals surface area contributed by atoms with Gasteiger partial charge in [-0.05, 0) is 17.7 Å². The van der Waals surface area contributed by atoms with Crippen molar-refractivity contribution in [2.24, 2.45) is 0 Å². The molecule has 1 aromatic carbocycles. The number of hydrogen-bond acceptors (Lipinski definition) is 6. The van der Waals surface area contributed by atoms with E-state index in [0.29, 0.717) is 0 Å². The monoisotopic (exact) mass is 336 g/mol. The Morgan fingerprint density at radius 1 is 1.14 bits per heavy atom. The lowest BCUT2D eigenvalue weighted by atomic mass is 10.2. The Labute approximate surface area is 136 Å². The summed E-state index contributed by atoms with van der Waals surface area (Å²) in [4.78, 5) is 6.36. The van der Waals surface area contributed by atoms with E-state index in [4.69, 9.17) is 11.6 Å². The minimum atomic E-state index is 0.750. The average molecular weight is 337 g/mol. The number of rotatable bonds is 5. The van der Waals surface area contributed by atoms with E-state index in [9.17, 15) is 0 Å². The van der Waals surface area contributed by atoms with Gasteiger partial charge in [-0.3, -0.25) is 0 Å². The minimum absolute atomic E-state index is 0.750. The number of thiazole rings is 1. The molecule has 4 nitrogen and oxygen atoms in total. The van der Waals surface area contributed by atoms with Gasteiger partial charge in [-0.1, -0.05) is 35.1 Å². The van der Waals surface area contributed by atoms with Gasteiger partial charge in [0.05, 0.1) is 6.54 Å². The van der Waals surface area contributed by atoms with Crippen molar-refractivity contribution in [3.63, 3.8) is 0 Å². The highest BCUT2D eigenvalue weighted by molar-refractivity contribution is 7.15. The maximum Gasteiger partial charge on any atom is 0.208 e. The lowest BCUT2D eigenvalue weighted by Gasteiger charge is -2.12. The summed E-state index contributed by atoms with van der Waals surface area (Å²) < 4.78 is 0. The van der Waals surface area contributed by atoms with Crippen LogP contribution >= 0.6 is 34.3 Å². The molecule has 3 rings (SSSR count). The molecule has 0 spiro atoms. The minimum Gasteiger partial charge on any atom is -0.343 e. The first-order chi connectivity index (χ1) is 10.2. The van der Waals surface area contributed by atoms with Gasteiger partial charge in [0.25, 0.3) is 0 Å². The summed E-state index contributed by atoms with van der Waals surface area (Å²) in [5, 5.41) is 14.2. The Hall–Kier alpha value is -1.50. The molecule has 0 fully saturated rings. The predicted molar refractivity (Wildman–Crippen MR) is 88.4 cm³/mol. The van der Waals surface area contributed by atoms with E-state index >= 15 is 0 Å². The van der Waals surface area contributed by atoms with Gasteiger partial charge in [0.1, 0.15) is 10.0 Å². The number of nitrogens with zero attached hydrogens (tertiary/aromatic N) is 4. The van der Waals surface area contributed by atoms with Crippen molar-refractivity contribution in [3.05, 3.63) is 56.4 Å². The first-order valence-electron chi connectivity index (χ1n) is 6.37. The van der Waals surface area contributed by atoms with Crippen molar-refractivity contribution in [1.82, 2.24) is 15.2 Å². The van der Waals surface area contributed by atoms with E-state index in [2.05, 4.69) is 20.1 Å². The van der Waals surface area contributed by atoms with Crippen LogP contribution in [-0.4, -0.2) is 22.2 Å². The molecule has 0 N–H and O–H groups in total. The molecule has 7 heteroatoms. The van der Waals surface area contributed by atoms with E-state index < -0.39 is 0 Å². The lowest BCUT2D eigenvalue weighted by molar-refractivity contribution is 0.879. The van der Waals surface area contributed by atoms with Crippen molar-refractivity contribution in [2.45, 2.75) is 13.0 Å². The Bertz CT molecular complexity index is 694. The van der Waals surface area contributed by atoms with Crippen LogP contribution < -0.4 is 4.90 Å². The summed E-state index contributed by atoms with van der Waals surface area (Å²) in [6.07, 6.45) is 2.60. The number of aromatic nitrogens is 3. The van der Waals surface area contributed by atoms with Crippen molar-refractivity contribution < 1.29 is 0 Å². The van der Waals surface area contributed by atoms with Gasteiger partial charge in [-0.25, -0.2) is 4.98 Å². The van der Waals surface area contributed by atoms with Gasteiger partial charge in [-0.2, -0.15) is 0 Å². The SMILES string of the molecule is CN(Cc1nccs1)c1nnc(Cc2ccc(Cl)cc2)s1. The maximum absolute atomic E-state index is 5.89. The smallest absolute Gasteiger partial charge is 0.208 e. The molecule has 2 heterocycles. The molecule has 21 heavy (non-hydrogen) atoms. The summed E-state index contributed by atoms with van der Waals surface area (Å²) in [7, 11) is 2.01. The summed E-state index contributed by atoms with van der Waals surface area (Å²) >= 11 is 9.15. The quantitative estimate of drug-likeness (QED) is 0.709. The second-order valence-corrected chi connectivity index (χ2v) is 7.02. The Kier molecular flexibility index (Phi) is 4.48. The van der Waals surface area contributed by atoms with Gasteiger partial charge in [-0.15, -0.1) is 21.5 Å². The molecule has 0 aliphatic carbocycles. The van der Waals surface area contributed by atoms with Gasteiger partial charge in [0.2, 0.25) is 5.13 Å². The van der Waals surface area contributed by atoms with Crippen molar-refractivity contribution in [2.75, 3.05) is 11.9 Å². The van der Waals surface area contributed by atoms with Crippen molar-refractivity contribution >= 4 is 39.4 Å². The van der Waals surface area contributed by atoms with Crippen molar-refractivity contribution in [1.29, 1.82) is 0 Å².